The molecule has 0 aliphatic carbocycles. The van der Waals surface area contributed by atoms with Crippen LogP contribution in [-0.2, 0) is 6.54 Å². The molecular formula is C24H34ClN5. The highest BCUT2D eigenvalue weighted by atomic mass is 35.5. The smallest absolute Gasteiger partial charge is 0.207 e. The summed E-state index contributed by atoms with van der Waals surface area (Å²) in [6, 6.07) is 4.47. The number of hydrogen-bond acceptors (Lipinski definition) is 4. The number of hydrogen-bond donors (Lipinski definition) is 0. The van der Waals surface area contributed by atoms with E-state index in [1.165, 1.54) is 11.1 Å². The molecule has 5 nitrogen and oxygen atoms in total. The Bertz CT molecular complexity index is 970. The summed E-state index contributed by atoms with van der Waals surface area (Å²) in [6.07, 6.45) is 8.95. The van der Waals surface area contributed by atoms with Gasteiger partial charge in [0.1, 0.15) is 11.3 Å². The quantitative estimate of drug-likeness (QED) is 0.615. The van der Waals surface area contributed by atoms with Crippen molar-refractivity contribution < 1.29 is 0 Å². The van der Waals surface area contributed by atoms with E-state index < -0.39 is 0 Å². The average molecular weight is 428 g/mol. The lowest BCUT2D eigenvalue weighted by atomic mass is 9.93. The second-order valence-electron chi connectivity index (χ2n) is 8.86. The van der Waals surface area contributed by atoms with Gasteiger partial charge < -0.3 is 14.4 Å². The van der Waals surface area contributed by atoms with Crippen molar-refractivity contribution in [2.24, 2.45) is 10.9 Å². The molecule has 6 heteroatoms. The van der Waals surface area contributed by atoms with Gasteiger partial charge in [-0.25, -0.2) is 9.98 Å². The maximum Gasteiger partial charge on any atom is 0.207 e. The summed E-state index contributed by atoms with van der Waals surface area (Å²) in [5.74, 6) is 2.97. The van der Waals surface area contributed by atoms with Crippen molar-refractivity contribution >= 4 is 34.8 Å². The zero-order valence-corrected chi connectivity index (χ0v) is 19.7. The molecule has 0 bridgehead atoms. The van der Waals surface area contributed by atoms with E-state index >= 15 is 0 Å². The van der Waals surface area contributed by atoms with Gasteiger partial charge in [-0.15, -0.1) is 0 Å². The van der Waals surface area contributed by atoms with Crippen LogP contribution in [0.1, 0.15) is 57.9 Å². The van der Waals surface area contributed by atoms with Crippen molar-refractivity contribution in [3.05, 3.63) is 34.6 Å². The fourth-order valence-corrected chi connectivity index (χ4v) is 5.13. The fourth-order valence-electron chi connectivity index (χ4n) is 4.94. The van der Waals surface area contributed by atoms with Crippen LogP contribution in [0.2, 0.25) is 5.02 Å². The first-order chi connectivity index (χ1) is 14.5. The van der Waals surface area contributed by atoms with E-state index in [9.17, 15) is 0 Å². The van der Waals surface area contributed by atoms with Gasteiger partial charge in [-0.2, -0.15) is 0 Å². The van der Waals surface area contributed by atoms with Crippen LogP contribution in [0, 0.1) is 5.92 Å². The van der Waals surface area contributed by atoms with Gasteiger partial charge in [0.05, 0.1) is 16.6 Å². The minimum atomic E-state index is 0.206. The molecule has 3 heterocycles. The van der Waals surface area contributed by atoms with E-state index in [1.54, 1.807) is 0 Å². The number of imidazole rings is 1. The first-order valence-electron chi connectivity index (χ1n) is 11.3. The zero-order chi connectivity index (χ0) is 21.4. The molecule has 2 aliphatic heterocycles. The molecule has 162 valence electrons. The van der Waals surface area contributed by atoms with E-state index in [1.807, 2.05) is 20.2 Å². The first-order valence-corrected chi connectivity index (χ1v) is 11.7. The second kappa shape index (κ2) is 8.62. The van der Waals surface area contributed by atoms with Crippen molar-refractivity contribution in [2.75, 3.05) is 25.5 Å². The lowest BCUT2D eigenvalue weighted by Gasteiger charge is -2.34. The maximum atomic E-state index is 6.66. The third kappa shape index (κ3) is 3.62. The Balaban J connectivity index is 1.83. The Morgan fingerprint density at radius 1 is 1.17 bits per heavy atom. The summed E-state index contributed by atoms with van der Waals surface area (Å²) < 4.78 is 2.44. The van der Waals surface area contributed by atoms with Crippen LogP contribution in [0.4, 0.5) is 5.95 Å². The Morgan fingerprint density at radius 3 is 2.57 bits per heavy atom. The number of aryl methyl sites for hydroxylation is 1. The van der Waals surface area contributed by atoms with Crippen LogP contribution in [0.5, 0.6) is 0 Å². The van der Waals surface area contributed by atoms with Crippen LogP contribution in [0.3, 0.4) is 0 Å². The summed E-state index contributed by atoms with van der Waals surface area (Å²) in [5, 5.41) is 0.750. The molecule has 0 spiro atoms. The Hall–Kier alpha value is -2.01. The van der Waals surface area contributed by atoms with Crippen LogP contribution in [-0.4, -0.2) is 47.3 Å². The van der Waals surface area contributed by atoms with Crippen LogP contribution in [0.15, 0.2) is 29.0 Å². The van der Waals surface area contributed by atoms with Gasteiger partial charge in [-0.05, 0) is 49.3 Å². The molecule has 2 aliphatic rings. The van der Waals surface area contributed by atoms with Crippen molar-refractivity contribution in [1.29, 1.82) is 0 Å². The number of rotatable bonds is 5. The van der Waals surface area contributed by atoms with Gasteiger partial charge in [0.25, 0.3) is 0 Å². The molecule has 2 unspecified atom stereocenters. The van der Waals surface area contributed by atoms with E-state index in [0.29, 0.717) is 11.8 Å². The summed E-state index contributed by atoms with van der Waals surface area (Å²) in [4.78, 5) is 14.4. The topological polar surface area (TPSA) is 36.7 Å². The van der Waals surface area contributed by atoms with E-state index in [0.717, 1.165) is 61.1 Å². The Kier molecular flexibility index (Phi) is 6.10. The van der Waals surface area contributed by atoms with Gasteiger partial charge in [-0.1, -0.05) is 38.4 Å². The zero-order valence-electron chi connectivity index (χ0n) is 18.9. The van der Waals surface area contributed by atoms with E-state index in [-0.39, 0.29) is 6.04 Å². The molecule has 0 saturated carbocycles. The van der Waals surface area contributed by atoms with E-state index in [4.69, 9.17) is 21.6 Å². The van der Waals surface area contributed by atoms with Gasteiger partial charge in [0, 0.05) is 39.3 Å². The molecular weight excluding hydrogens is 394 g/mol. The molecule has 0 fully saturated rings. The van der Waals surface area contributed by atoms with Crippen LogP contribution < -0.4 is 4.90 Å². The predicted molar refractivity (Wildman–Crippen MR) is 128 cm³/mol. The number of anilines is 1. The summed E-state index contributed by atoms with van der Waals surface area (Å²) in [7, 11) is 4.09. The van der Waals surface area contributed by atoms with Gasteiger partial charge in [0.2, 0.25) is 5.95 Å². The summed E-state index contributed by atoms with van der Waals surface area (Å²) in [5.41, 5.74) is 3.58. The highest BCUT2D eigenvalue weighted by Crippen LogP contribution is 2.38. The molecule has 1 aromatic carbocycles. The number of aliphatic imine (C=N–C) groups is 1. The molecule has 2 atom stereocenters. The monoisotopic (exact) mass is 427 g/mol. The average Bonchev–Trinajstić information content (AvgIpc) is 2.99. The molecule has 0 saturated heterocycles. The van der Waals surface area contributed by atoms with Crippen LogP contribution >= 0.6 is 11.6 Å². The minimum absolute atomic E-state index is 0.206. The molecule has 0 radical (unpaired) electrons. The molecule has 30 heavy (non-hydrogen) atoms. The minimum Gasteiger partial charge on any atom is -0.363 e. The number of nitrogens with zero attached hydrogens (tertiary/aromatic N) is 5. The molecule has 0 N–H and O–H groups in total. The lowest BCUT2D eigenvalue weighted by molar-refractivity contribution is 0.478. The molecule has 1 aromatic heterocycles. The van der Waals surface area contributed by atoms with Gasteiger partial charge >= 0.3 is 0 Å². The third-order valence-corrected chi connectivity index (χ3v) is 7.00. The van der Waals surface area contributed by atoms with Crippen molar-refractivity contribution in [1.82, 2.24) is 14.5 Å². The Labute approximate surface area is 185 Å². The highest BCUT2D eigenvalue weighted by molar-refractivity contribution is 6.35. The SMILES string of the molecule is CCC(CC)c1ccc(Cl)c2nc3n(c12)CCCCN3C1C=NC(N(C)C)=CC1C. The summed E-state index contributed by atoms with van der Waals surface area (Å²) in [6.45, 7) is 8.81. The van der Waals surface area contributed by atoms with Crippen molar-refractivity contribution in [3.8, 4) is 0 Å². The van der Waals surface area contributed by atoms with Gasteiger partial charge in [-0.3, -0.25) is 0 Å². The third-order valence-electron chi connectivity index (χ3n) is 6.70. The van der Waals surface area contributed by atoms with Gasteiger partial charge in [0.15, 0.2) is 0 Å². The number of halogens is 1. The van der Waals surface area contributed by atoms with Crippen LogP contribution in [0.25, 0.3) is 11.0 Å². The summed E-state index contributed by atoms with van der Waals surface area (Å²) >= 11 is 6.66. The number of fused-ring (bicyclic) bond motifs is 3. The normalized spacial score (nSPS) is 21.7. The lowest BCUT2D eigenvalue weighted by Crippen LogP contribution is -2.43. The first kappa shape index (κ1) is 21.2. The highest BCUT2D eigenvalue weighted by Gasteiger charge is 2.31. The number of aromatic nitrogens is 2. The number of benzene rings is 1. The van der Waals surface area contributed by atoms with Crippen molar-refractivity contribution in [3.63, 3.8) is 0 Å². The molecule has 2 aromatic rings. The second-order valence-corrected chi connectivity index (χ2v) is 9.27. The standard InChI is InChI=1S/C24H34ClN5/c1-6-17(7-2)18-10-11-19(25)22-23(18)30-13-9-8-12-29(24(30)27-22)20-15-26-21(28(4)5)14-16(20)3/h10-11,14-17,20H,6-9,12-13H2,1-5H3. The van der Waals surface area contributed by atoms with E-state index in [2.05, 4.69) is 53.5 Å². The molecule has 0 amide bonds. The molecule has 4 rings (SSSR count). The predicted octanol–water partition coefficient (Wildman–Crippen LogP) is 5.69. The largest absolute Gasteiger partial charge is 0.363 e. The van der Waals surface area contributed by atoms with Crippen molar-refractivity contribution in [2.45, 2.75) is 65.0 Å². The maximum absolute atomic E-state index is 6.66. The fraction of sp³-hybridized carbons (Fsp3) is 0.583. The Morgan fingerprint density at radius 2 is 1.90 bits per heavy atom.